The van der Waals surface area contributed by atoms with Crippen molar-refractivity contribution in [1.29, 1.82) is 0 Å². The first kappa shape index (κ1) is 16.2. The molecule has 1 fully saturated rings. The van der Waals surface area contributed by atoms with E-state index in [2.05, 4.69) is 33.5 Å². The van der Waals surface area contributed by atoms with E-state index in [1.54, 1.807) is 0 Å². The van der Waals surface area contributed by atoms with E-state index < -0.39 is 0 Å². The van der Waals surface area contributed by atoms with Gasteiger partial charge in [0.25, 0.3) is 0 Å². The maximum absolute atomic E-state index is 5.27. The van der Waals surface area contributed by atoms with Gasteiger partial charge in [-0.3, -0.25) is 4.90 Å². The second kappa shape index (κ2) is 6.63. The first-order valence-corrected chi connectivity index (χ1v) is 9.33. The number of nitrogens with zero attached hydrogens (tertiary/aromatic N) is 5. The fraction of sp³-hybridized carbons (Fsp3) is 0.286. The number of aryl methyl sites for hydroxylation is 1. The number of hydrogen-bond donors (Lipinski definition) is 0. The molecule has 0 radical (unpaired) electrons. The van der Waals surface area contributed by atoms with Gasteiger partial charge in [0.2, 0.25) is 0 Å². The zero-order valence-corrected chi connectivity index (χ0v) is 15.2. The molecular weight excluding hydrogens is 338 g/mol. The van der Waals surface area contributed by atoms with Crippen LogP contribution in [0.5, 0.6) is 0 Å². The SMILES string of the molecule is Cc1cc(C2CCCN2Cc2cnc3c(-c4ccccc4)cnn3c2)no1. The summed E-state index contributed by atoms with van der Waals surface area (Å²) in [4.78, 5) is 7.15. The molecule has 27 heavy (non-hydrogen) atoms. The first-order chi connectivity index (χ1) is 13.3. The van der Waals surface area contributed by atoms with Crippen LogP contribution in [0, 0.1) is 6.92 Å². The van der Waals surface area contributed by atoms with Crippen LogP contribution in [-0.2, 0) is 6.54 Å². The number of aromatic nitrogens is 4. The van der Waals surface area contributed by atoms with Crippen LogP contribution in [-0.4, -0.2) is 31.2 Å². The van der Waals surface area contributed by atoms with E-state index in [0.717, 1.165) is 53.3 Å². The Labute approximate surface area is 157 Å². The zero-order chi connectivity index (χ0) is 18.2. The smallest absolute Gasteiger partial charge is 0.162 e. The summed E-state index contributed by atoms with van der Waals surface area (Å²) in [5, 5.41) is 8.75. The normalized spacial score (nSPS) is 17.7. The van der Waals surface area contributed by atoms with Crippen LogP contribution in [0.25, 0.3) is 16.8 Å². The quantitative estimate of drug-likeness (QED) is 0.551. The number of rotatable bonds is 4. The first-order valence-electron chi connectivity index (χ1n) is 9.33. The van der Waals surface area contributed by atoms with Gasteiger partial charge in [-0.05, 0) is 31.9 Å². The summed E-state index contributed by atoms with van der Waals surface area (Å²) in [5.74, 6) is 0.866. The van der Waals surface area contributed by atoms with Crippen LogP contribution in [0.15, 0.2) is 59.5 Å². The van der Waals surface area contributed by atoms with E-state index in [9.17, 15) is 0 Å². The largest absolute Gasteiger partial charge is 0.361 e. The third-order valence-corrected chi connectivity index (χ3v) is 5.23. The van der Waals surface area contributed by atoms with Crippen molar-refractivity contribution in [3.8, 4) is 11.1 Å². The Morgan fingerprint density at radius 1 is 1.19 bits per heavy atom. The number of benzene rings is 1. The molecule has 0 spiro atoms. The summed E-state index contributed by atoms with van der Waals surface area (Å²) in [5.41, 5.74) is 5.25. The highest BCUT2D eigenvalue weighted by Gasteiger charge is 2.28. The van der Waals surface area contributed by atoms with Crippen LogP contribution in [0.3, 0.4) is 0 Å². The minimum absolute atomic E-state index is 0.315. The Balaban J connectivity index is 1.41. The molecule has 4 aromatic rings. The molecule has 4 heterocycles. The van der Waals surface area contributed by atoms with Crippen molar-refractivity contribution in [1.82, 2.24) is 24.7 Å². The Kier molecular flexibility index (Phi) is 3.98. The van der Waals surface area contributed by atoms with Gasteiger partial charge in [0.15, 0.2) is 5.65 Å². The molecular formula is C21H21N5O. The molecule has 136 valence electrons. The summed E-state index contributed by atoms with van der Waals surface area (Å²) in [6.07, 6.45) is 8.22. The number of likely N-dealkylation sites (tertiary alicyclic amines) is 1. The Bertz CT molecular complexity index is 1070. The molecule has 1 saturated heterocycles. The van der Waals surface area contributed by atoms with Gasteiger partial charge in [-0.1, -0.05) is 35.5 Å². The molecule has 1 atom stereocenters. The fourth-order valence-corrected chi connectivity index (χ4v) is 3.94. The molecule has 6 nitrogen and oxygen atoms in total. The van der Waals surface area contributed by atoms with E-state index in [0.29, 0.717) is 6.04 Å². The van der Waals surface area contributed by atoms with Crippen molar-refractivity contribution in [3.63, 3.8) is 0 Å². The fourth-order valence-electron chi connectivity index (χ4n) is 3.94. The third kappa shape index (κ3) is 3.02. The van der Waals surface area contributed by atoms with Gasteiger partial charge in [0.1, 0.15) is 11.5 Å². The molecule has 1 aliphatic rings. The van der Waals surface area contributed by atoms with E-state index in [1.165, 1.54) is 6.42 Å². The van der Waals surface area contributed by atoms with E-state index in [1.807, 2.05) is 48.1 Å². The standard InChI is InChI=1S/C21H21N5O/c1-15-10-19(24-27-15)20-8-5-9-25(20)13-16-11-22-21-18(12-23-26(21)14-16)17-6-3-2-4-7-17/h2-4,6-7,10-12,14,20H,5,8-9,13H2,1H3. The molecule has 1 aromatic carbocycles. The lowest BCUT2D eigenvalue weighted by atomic mass is 10.1. The van der Waals surface area contributed by atoms with Crippen molar-refractivity contribution < 1.29 is 4.52 Å². The van der Waals surface area contributed by atoms with E-state index in [4.69, 9.17) is 9.51 Å². The Morgan fingerprint density at radius 3 is 2.89 bits per heavy atom. The minimum atomic E-state index is 0.315. The van der Waals surface area contributed by atoms with Crippen LogP contribution >= 0.6 is 0 Å². The number of hydrogen-bond acceptors (Lipinski definition) is 5. The van der Waals surface area contributed by atoms with Crippen LogP contribution in [0.1, 0.15) is 35.9 Å². The molecule has 1 unspecified atom stereocenters. The predicted octanol–water partition coefficient (Wildman–Crippen LogP) is 4.03. The van der Waals surface area contributed by atoms with E-state index in [-0.39, 0.29) is 0 Å². The molecule has 3 aromatic heterocycles. The van der Waals surface area contributed by atoms with Crippen LogP contribution < -0.4 is 0 Å². The van der Waals surface area contributed by atoms with Gasteiger partial charge in [-0.25, -0.2) is 9.50 Å². The maximum atomic E-state index is 5.27. The topological polar surface area (TPSA) is 59.5 Å². The van der Waals surface area contributed by atoms with Gasteiger partial charge in [0, 0.05) is 36.1 Å². The zero-order valence-electron chi connectivity index (χ0n) is 15.2. The summed E-state index contributed by atoms with van der Waals surface area (Å²) in [7, 11) is 0. The average molecular weight is 359 g/mol. The molecule has 0 bridgehead atoms. The molecule has 1 aliphatic heterocycles. The van der Waals surface area contributed by atoms with Crippen molar-refractivity contribution in [2.75, 3.05) is 6.54 Å². The average Bonchev–Trinajstić information content (AvgIpc) is 3.42. The second-order valence-corrected chi connectivity index (χ2v) is 7.15. The van der Waals surface area contributed by atoms with Crippen molar-refractivity contribution in [3.05, 3.63) is 72.0 Å². The molecule has 6 heteroatoms. The van der Waals surface area contributed by atoms with Gasteiger partial charge in [0.05, 0.1) is 12.2 Å². The monoisotopic (exact) mass is 359 g/mol. The highest BCUT2D eigenvalue weighted by atomic mass is 16.5. The van der Waals surface area contributed by atoms with Gasteiger partial charge in [-0.2, -0.15) is 5.10 Å². The lowest BCUT2D eigenvalue weighted by molar-refractivity contribution is 0.236. The lowest BCUT2D eigenvalue weighted by Crippen LogP contribution is -2.23. The third-order valence-electron chi connectivity index (χ3n) is 5.23. The number of fused-ring (bicyclic) bond motifs is 1. The summed E-state index contributed by atoms with van der Waals surface area (Å²) in [6, 6.07) is 12.6. The summed E-state index contributed by atoms with van der Waals surface area (Å²) in [6.45, 7) is 3.83. The maximum Gasteiger partial charge on any atom is 0.162 e. The van der Waals surface area contributed by atoms with Crippen molar-refractivity contribution in [2.24, 2.45) is 0 Å². The Hall–Kier alpha value is -2.99. The minimum Gasteiger partial charge on any atom is -0.361 e. The highest BCUT2D eigenvalue weighted by Crippen LogP contribution is 2.33. The van der Waals surface area contributed by atoms with Crippen LogP contribution in [0.4, 0.5) is 0 Å². The molecule has 5 rings (SSSR count). The van der Waals surface area contributed by atoms with Crippen molar-refractivity contribution >= 4 is 5.65 Å². The lowest BCUT2D eigenvalue weighted by Gasteiger charge is -2.22. The summed E-state index contributed by atoms with van der Waals surface area (Å²) >= 11 is 0. The molecule has 0 saturated carbocycles. The van der Waals surface area contributed by atoms with Crippen LogP contribution in [0.2, 0.25) is 0 Å². The van der Waals surface area contributed by atoms with Crippen molar-refractivity contribution in [2.45, 2.75) is 32.4 Å². The van der Waals surface area contributed by atoms with Gasteiger partial charge in [-0.15, -0.1) is 0 Å². The Morgan fingerprint density at radius 2 is 2.07 bits per heavy atom. The molecule has 0 aliphatic carbocycles. The summed E-state index contributed by atoms with van der Waals surface area (Å²) < 4.78 is 7.15. The second-order valence-electron chi connectivity index (χ2n) is 7.15. The van der Waals surface area contributed by atoms with Gasteiger partial charge < -0.3 is 4.52 Å². The highest BCUT2D eigenvalue weighted by molar-refractivity contribution is 5.76. The van der Waals surface area contributed by atoms with Gasteiger partial charge >= 0.3 is 0 Å². The van der Waals surface area contributed by atoms with E-state index >= 15 is 0 Å². The predicted molar refractivity (Wildman–Crippen MR) is 102 cm³/mol. The molecule has 0 amide bonds. The molecule has 0 N–H and O–H groups in total.